The van der Waals surface area contributed by atoms with Gasteiger partial charge in [-0.05, 0) is 44.9 Å². The quantitative estimate of drug-likeness (QED) is 0.843. The maximum Gasteiger partial charge on any atom is 0.307 e. The van der Waals surface area contributed by atoms with Gasteiger partial charge in [-0.15, -0.1) is 0 Å². The number of ether oxygens (including phenoxy) is 1. The second kappa shape index (κ2) is 6.16. The van der Waals surface area contributed by atoms with Crippen LogP contribution in [-0.4, -0.2) is 23.1 Å². The van der Waals surface area contributed by atoms with Crippen molar-refractivity contribution < 1.29 is 19.4 Å². The third kappa shape index (κ3) is 3.97. The van der Waals surface area contributed by atoms with Crippen LogP contribution in [0.25, 0.3) is 0 Å². The minimum atomic E-state index is -0.893. The molecule has 1 aromatic carbocycles. The van der Waals surface area contributed by atoms with Gasteiger partial charge in [-0.2, -0.15) is 0 Å². The van der Waals surface area contributed by atoms with Gasteiger partial charge in [0, 0.05) is 0 Å². The number of carbonyl (C=O) groups is 2. The van der Waals surface area contributed by atoms with Crippen LogP contribution in [0.15, 0.2) is 24.3 Å². The average Bonchev–Trinajstić information content (AvgIpc) is 3.18. The number of hydrogen-bond acceptors (Lipinski definition) is 3. The Balaban J connectivity index is 1.95. The summed E-state index contributed by atoms with van der Waals surface area (Å²) in [4.78, 5) is 22.7. The fraction of sp³-hybridized carbons (Fsp3) is 0.500. The number of rotatable bonds is 6. The summed E-state index contributed by atoms with van der Waals surface area (Å²) in [5.41, 5.74) is 0.939. The lowest BCUT2D eigenvalue weighted by molar-refractivity contribution is -0.140. The van der Waals surface area contributed by atoms with Gasteiger partial charge in [0.2, 0.25) is 5.91 Å². The van der Waals surface area contributed by atoms with E-state index in [0.717, 1.165) is 11.3 Å². The van der Waals surface area contributed by atoms with Gasteiger partial charge >= 0.3 is 5.97 Å². The van der Waals surface area contributed by atoms with Crippen molar-refractivity contribution in [1.82, 2.24) is 5.32 Å². The number of carbonyl (C=O) groups excluding carboxylic acids is 1. The van der Waals surface area contributed by atoms with Crippen LogP contribution in [0.5, 0.6) is 5.75 Å². The number of nitrogens with one attached hydrogen (secondary N) is 1. The molecule has 114 valence electrons. The van der Waals surface area contributed by atoms with E-state index in [1.54, 1.807) is 0 Å². The van der Waals surface area contributed by atoms with E-state index < -0.39 is 11.9 Å². The summed E-state index contributed by atoms with van der Waals surface area (Å²) in [7, 11) is 0. The molecule has 1 amide bonds. The Morgan fingerprint density at radius 1 is 1.29 bits per heavy atom. The Morgan fingerprint density at radius 2 is 2.00 bits per heavy atom. The Bertz CT molecular complexity index is 541. The van der Waals surface area contributed by atoms with Crippen LogP contribution >= 0.6 is 0 Å². The predicted octanol–water partition coefficient (Wildman–Crippen LogP) is 2.37. The van der Waals surface area contributed by atoms with Crippen LogP contribution in [0.1, 0.15) is 38.8 Å². The molecular weight excluding hydrogens is 270 g/mol. The van der Waals surface area contributed by atoms with Gasteiger partial charge < -0.3 is 15.2 Å². The van der Waals surface area contributed by atoms with E-state index in [9.17, 15) is 9.59 Å². The van der Waals surface area contributed by atoms with Crippen molar-refractivity contribution in [2.45, 2.75) is 39.3 Å². The van der Waals surface area contributed by atoms with Crippen molar-refractivity contribution in [2.24, 2.45) is 11.8 Å². The van der Waals surface area contributed by atoms with Crippen LogP contribution in [-0.2, 0) is 9.59 Å². The number of hydrogen-bond donors (Lipinski definition) is 2. The normalized spacial score (nSPS) is 21.7. The summed E-state index contributed by atoms with van der Waals surface area (Å²) >= 11 is 0. The molecule has 0 radical (unpaired) electrons. The van der Waals surface area contributed by atoms with Gasteiger partial charge in [0.1, 0.15) is 5.75 Å². The molecule has 5 nitrogen and oxygen atoms in total. The fourth-order valence-electron chi connectivity index (χ4n) is 2.29. The predicted molar refractivity (Wildman–Crippen MR) is 78.0 cm³/mol. The van der Waals surface area contributed by atoms with Gasteiger partial charge in [-0.25, -0.2) is 0 Å². The first kappa shape index (κ1) is 15.4. The molecule has 0 aliphatic heterocycles. The number of carboxylic acid groups (broad SMARTS) is 1. The summed E-state index contributed by atoms with van der Waals surface area (Å²) in [5.74, 6) is -1.23. The van der Waals surface area contributed by atoms with Crippen molar-refractivity contribution in [3.8, 4) is 5.75 Å². The molecule has 0 spiro atoms. The molecule has 0 unspecified atom stereocenters. The largest absolute Gasteiger partial charge is 0.491 e. The maximum atomic E-state index is 12.0. The molecule has 3 atom stereocenters. The molecule has 1 fully saturated rings. The molecule has 5 heteroatoms. The zero-order valence-corrected chi connectivity index (χ0v) is 12.5. The zero-order valence-electron chi connectivity index (χ0n) is 12.5. The zero-order chi connectivity index (χ0) is 15.6. The summed E-state index contributed by atoms with van der Waals surface area (Å²) in [6.07, 6.45) is 0.526. The first-order valence-electron chi connectivity index (χ1n) is 7.18. The van der Waals surface area contributed by atoms with Gasteiger partial charge in [0.05, 0.1) is 24.0 Å². The lowest BCUT2D eigenvalue weighted by atomic mass is 10.1. The van der Waals surface area contributed by atoms with Crippen LogP contribution in [0, 0.1) is 11.8 Å². The highest BCUT2D eigenvalue weighted by Crippen LogP contribution is 2.39. The van der Waals surface area contributed by atoms with E-state index in [1.807, 2.05) is 45.0 Å². The van der Waals surface area contributed by atoms with Crippen molar-refractivity contribution in [1.29, 1.82) is 0 Å². The topological polar surface area (TPSA) is 75.6 Å². The summed E-state index contributed by atoms with van der Waals surface area (Å²) < 4.78 is 5.63. The summed E-state index contributed by atoms with van der Waals surface area (Å²) in [6, 6.07) is 7.39. The van der Waals surface area contributed by atoms with Crippen LogP contribution in [0.3, 0.4) is 0 Å². The smallest absolute Gasteiger partial charge is 0.307 e. The van der Waals surface area contributed by atoms with E-state index in [1.165, 1.54) is 0 Å². The van der Waals surface area contributed by atoms with Gasteiger partial charge in [-0.1, -0.05) is 12.1 Å². The van der Waals surface area contributed by atoms with E-state index in [-0.39, 0.29) is 24.0 Å². The number of amides is 1. The Labute approximate surface area is 124 Å². The second-order valence-corrected chi connectivity index (χ2v) is 5.76. The number of aliphatic carboxylic acids is 1. The summed E-state index contributed by atoms with van der Waals surface area (Å²) in [5, 5.41) is 11.7. The first-order valence-corrected chi connectivity index (χ1v) is 7.18. The number of benzene rings is 1. The highest BCUT2D eigenvalue weighted by molar-refractivity contribution is 5.89. The molecule has 1 aliphatic carbocycles. The highest BCUT2D eigenvalue weighted by Gasteiger charge is 2.48. The van der Waals surface area contributed by atoms with Crippen LogP contribution in [0.4, 0.5) is 0 Å². The standard InChI is InChI=1S/C16H21NO4/c1-9(2)21-12-6-4-5-11(7-12)10(3)17-15(18)13-8-14(13)16(19)20/h4-7,9-10,13-14H,8H2,1-3H3,(H,17,18)(H,19,20)/t10-,13+,14+/m0/s1. The van der Waals surface area contributed by atoms with Crippen molar-refractivity contribution in [3.05, 3.63) is 29.8 Å². The molecule has 21 heavy (non-hydrogen) atoms. The average molecular weight is 291 g/mol. The van der Waals surface area contributed by atoms with Gasteiger partial charge in [-0.3, -0.25) is 9.59 Å². The lowest BCUT2D eigenvalue weighted by Gasteiger charge is -2.16. The van der Waals surface area contributed by atoms with Crippen molar-refractivity contribution in [2.75, 3.05) is 0 Å². The first-order chi connectivity index (χ1) is 9.88. The van der Waals surface area contributed by atoms with Crippen molar-refractivity contribution in [3.63, 3.8) is 0 Å². The minimum absolute atomic E-state index is 0.0907. The fourth-order valence-corrected chi connectivity index (χ4v) is 2.29. The maximum absolute atomic E-state index is 12.0. The highest BCUT2D eigenvalue weighted by atomic mass is 16.5. The molecule has 1 aromatic rings. The molecule has 0 saturated heterocycles. The molecule has 0 heterocycles. The molecular formula is C16H21NO4. The SMILES string of the molecule is CC(C)Oc1cccc([C@H](C)NC(=O)[C@@H]2C[C@H]2C(=O)O)c1. The second-order valence-electron chi connectivity index (χ2n) is 5.76. The monoisotopic (exact) mass is 291 g/mol. The lowest BCUT2D eigenvalue weighted by Crippen LogP contribution is -2.29. The number of carboxylic acids is 1. The van der Waals surface area contributed by atoms with E-state index in [4.69, 9.17) is 9.84 Å². The Hall–Kier alpha value is -2.04. The third-order valence-electron chi connectivity index (χ3n) is 3.53. The Morgan fingerprint density at radius 3 is 2.57 bits per heavy atom. The van der Waals surface area contributed by atoms with Gasteiger partial charge in [0.25, 0.3) is 0 Å². The van der Waals surface area contributed by atoms with Crippen LogP contribution < -0.4 is 10.1 Å². The molecule has 1 saturated carbocycles. The third-order valence-corrected chi connectivity index (χ3v) is 3.53. The molecule has 2 N–H and O–H groups in total. The molecule has 1 aliphatic rings. The molecule has 0 aromatic heterocycles. The minimum Gasteiger partial charge on any atom is -0.491 e. The molecule has 2 rings (SSSR count). The van der Waals surface area contributed by atoms with E-state index in [0.29, 0.717) is 6.42 Å². The van der Waals surface area contributed by atoms with Crippen LogP contribution in [0.2, 0.25) is 0 Å². The Kier molecular flexibility index (Phi) is 4.50. The van der Waals surface area contributed by atoms with Crippen molar-refractivity contribution >= 4 is 11.9 Å². The molecule has 0 bridgehead atoms. The summed E-state index contributed by atoms with van der Waals surface area (Å²) in [6.45, 7) is 5.79. The van der Waals surface area contributed by atoms with E-state index >= 15 is 0 Å². The van der Waals surface area contributed by atoms with E-state index in [2.05, 4.69) is 5.32 Å². The van der Waals surface area contributed by atoms with Gasteiger partial charge in [0.15, 0.2) is 0 Å².